The number of hydrogen-bond acceptors (Lipinski definition) is 3. The van der Waals surface area contributed by atoms with Gasteiger partial charge in [0.25, 0.3) is 0 Å². The fraction of sp³-hybridized carbons (Fsp3) is 0.286. The summed E-state index contributed by atoms with van der Waals surface area (Å²) in [4.78, 5) is 12.6. The highest BCUT2D eigenvalue weighted by atomic mass is 16.6. The van der Waals surface area contributed by atoms with Gasteiger partial charge in [0.15, 0.2) is 6.10 Å². The topological polar surface area (TPSA) is 35.5 Å². The Hall–Kier alpha value is -2.39. The summed E-state index contributed by atoms with van der Waals surface area (Å²) in [5.74, 6) is -0.236. The average Bonchev–Trinajstić information content (AvgIpc) is 2.99. The van der Waals surface area contributed by atoms with Crippen molar-refractivity contribution in [2.75, 3.05) is 6.61 Å². The van der Waals surface area contributed by atoms with E-state index in [9.17, 15) is 4.79 Å². The van der Waals surface area contributed by atoms with E-state index in [1.807, 2.05) is 48.5 Å². The zero-order valence-corrected chi connectivity index (χ0v) is 13.7. The smallest absolute Gasteiger partial charge is 0.339 e. The molecule has 24 heavy (non-hydrogen) atoms. The number of benzene rings is 2. The van der Waals surface area contributed by atoms with Crippen molar-refractivity contribution in [1.82, 2.24) is 0 Å². The van der Waals surface area contributed by atoms with E-state index in [0.717, 1.165) is 35.1 Å². The van der Waals surface area contributed by atoms with Crippen LogP contribution in [0.5, 0.6) is 0 Å². The lowest BCUT2D eigenvalue weighted by Crippen LogP contribution is -2.46. The summed E-state index contributed by atoms with van der Waals surface area (Å²) in [6, 6.07) is 19.9. The molecule has 1 saturated heterocycles. The SMILES string of the molecule is CC[C@@]1(c2ccccc2)OCCC2=C(c3ccccc3)C(=O)O[C@H]21. The van der Waals surface area contributed by atoms with Crippen LogP contribution in [-0.4, -0.2) is 18.7 Å². The van der Waals surface area contributed by atoms with Crippen LogP contribution in [0.25, 0.3) is 5.57 Å². The van der Waals surface area contributed by atoms with Gasteiger partial charge in [-0.05, 0) is 29.5 Å². The summed E-state index contributed by atoms with van der Waals surface area (Å²) in [5.41, 5.74) is 3.19. The monoisotopic (exact) mass is 320 g/mol. The molecule has 3 heteroatoms. The molecule has 0 N–H and O–H groups in total. The van der Waals surface area contributed by atoms with Gasteiger partial charge in [-0.25, -0.2) is 4.79 Å². The first-order valence-corrected chi connectivity index (χ1v) is 8.45. The lowest BCUT2D eigenvalue weighted by molar-refractivity contribution is -0.169. The molecule has 122 valence electrons. The first-order chi connectivity index (χ1) is 11.8. The van der Waals surface area contributed by atoms with Gasteiger partial charge in [0.1, 0.15) is 5.60 Å². The van der Waals surface area contributed by atoms with Crippen LogP contribution in [0.3, 0.4) is 0 Å². The molecule has 0 spiro atoms. The van der Waals surface area contributed by atoms with E-state index in [1.165, 1.54) is 0 Å². The van der Waals surface area contributed by atoms with Crippen LogP contribution in [0, 0.1) is 0 Å². The fourth-order valence-corrected chi connectivity index (χ4v) is 3.91. The van der Waals surface area contributed by atoms with E-state index in [1.54, 1.807) is 0 Å². The molecule has 4 rings (SSSR count). The molecule has 3 nitrogen and oxygen atoms in total. The Labute approximate surface area is 141 Å². The number of carbonyl (C=O) groups excluding carboxylic acids is 1. The first kappa shape index (κ1) is 15.2. The third kappa shape index (κ3) is 2.20. The van der Waals surface area contributed by atoms with Crippen LogP contribution >= 0.6 is 0 Å². The second-order valence-corrected chi connectivity index (χ2v) is 6.26. The van der Waals surface area contributed by atoms with Crippen molar-refractivity contribution in [3.63, 3.8) is 0 Å². The van der Waals surface area contributed by atoms with Crippen LogP contribution in [0.1, 0.15) is 30.9 Å². The van der Waals surface area contributed by atoms with Crippen LogP contribution in [0.4, 0.5) is 0 Å². The minimum Gasteiger partial charge on any atom is -0.451 e. The largest absolute Gasteiger partial charge is 0.451 e. The number of ether oxygens (including phenoxy) is 2. The maximum atomic E-state index is 12.6. The Bertz CT molecular complexity index is 779. The molecular weight excluding hydrogens is 300 g/mol. The highest BCUT2D eigenvalue weighted by Gasteiger charge is 2.52. The van der Waals surface area contributed by atoms with Crippen molar-refractivity contribution in [2.24, 2.45) is 0 Å². The molecule has 2 heterocycles. The van der Waals surface area contributed by atoms with Crippen molar-refractivity contribution in [3.8, 4) is 0 Å². The minimum atomic E-state index is -0.596. The van der Waals surface area contributed by atoms with Gasteiger partial charge in [-0.2, -0.15) is 0 Å². The molecule has 2 aromatic rings. The molecule has 2 atom stereocenters. The maximum absolute atomic E-state index is 12.6. The van der Waals surface area contributed by atoms with E-state index in [2.05, 4.69) is 19.1 Å². The Kier molecular flexibility index (Phi) is 3.73. The molecule has 0 aliphatic carbocycles. The van der Waals surface area contributed by atoms with E-state index < -0.39 is 5.60 Å². The van der Waals surface area contributed by atoms with Gasteiger partial charge in [-0.3, -0.25) is 0 Å². The maximum Gasteiger partial charge on any atom is 0.339 e. The predicted molar refractivity (Wildman–Crippen MR) is 92.2 cm³/mol. The van der Waals surface area contributed by atoms with Gasteiger partial charge in [0.05, 0.1) is 12.2 Å². The van der Waals surface area contributed by atoms with Gasteiger partial charge < -0.3 is 9.47 Å². The summed E-state index contributed by atoms with van der Waals surface area (Å²) >= 11 is 0. The summed E-state index contributed by atoms with van der Waals surface area (Å²) < 4.78 is 12.1. The molecule has 0 amide bonds. The average molecular weight is 320 g/mol. The van der Waals surface area contributed by atoms with Crippen LogP contribution in [-0.2, 0) is 19.9 Å². The number of hydrogen-bond donors (Lipinski definition) is 0. The second kappa shape index (κ2) is 5.91. The van der Waals surface area contributed by atoms with Gasteiger partial charge >= 0.3 is 5.97 Å². The van der Waals surface area contributed by atoms with Gasteiger partial charge in [-0.15, -0.1) is 0 Å². The number of carbonyl (C=O) groups is 1. The lowest BCUT2D eigenvalue weighted by Gasteiger charge is -2.42. The van der Waals surface area contributed by atoms with Crippen molar-refractivity contribution < 1.29 is 14.3 Å². The highest BCUT2D eigenvalue weighted by molar-refractivity contribution is 6.19. The Morgan fingerprint density at radius 2 is 1.71 bits per heavy atom. The van der Waals surface area contributed by atoms with Crippen LogP contribution in [0.15, 0.2) is 66.2 Å². The molecule has 0 radical (unpaired) electrons. The highest BCUT2D eigenvalue weighted by Crippen LogP contribution is 2.48. The zero-order valence-electron chi connectivity index (χ0n) is 13.7. The molecular formula is C21H20O3. The third-order valence-electron chi connectivity index (χ3n) is 5.07. The van der Waals surface area contributed by atoms with Gasteiger partial charge in [0.2, 0.25) is 0 Å². The van der Waals surface area contributed by atoms with Gasteiger partial charge in [-0.1, -0.05) is 67.6 Å². The molecule has 0 bridgehead atoms. The Balaban J connectivity index is 1.85. The van der Waals surface area contributed by atoms with E-state index in [4.69, 9.17) is 9.47 Å². The predicted octanol–water partition coefficient (Wildman–Crippen LogP) is 4.09. The van der Waals surface area contributed by atoms with Crippen molar-refractivity contribution >= 4 is 11.5 Å². The molecule has 0 saturated carbocycles. The third-order valence-corrected chi connectivity index (χ3v) is 5.07. The standard InChI is InChI=1S/C21H20O3/c1-2-21(16-11-7-4-8-12-16)19-17(13-14-23-21)18(20(22)24-19)15-9-5-3-6-10-15/h3-12,19H,2,13-14H2,1H3/t19-,21+/m1/s1. The minimum absolute atomic E-state index is 0.236. The Morgan fingerprint density at radius 1 is 1.04 bits per heavy atom. The van der Waals surface area contributed by atoms with Crippen molar-refractivity contribution in [3.05, 3.63) is 77.4 Å². The van der Waals surface area contributed by atoms with E-state index in [0.29, 0.717) is 6.61 Å². The van der Waals surface area contributed by atoms with E-state index in [-0.39, 0.29) is 12.1 Å². The summed E-state index contributed by atoms with van der Waals surface area (Å²) in [6.07, 6.45) is 1.14. The lowest BCUT2D eigenvalue weighted by atomic mass is 9.78. The first-order valence-electron chi connectivity index (χ1n) is 8.45. The fourth-order valence-electron chi connectivity index (χ4n) is 3.91. The number of rotatable bonds is 3. The molecule has 1 fully saturated rings. The van der Waals surface area contributed by atoms with E-state index >= 15 is 0 Å². The van der Waals surface area contributed by atoms with Crippen LogP contribution in [0.2, 0.25) is 0 Å². The molecule has 2 aromatic carbocycles. The van der Waals surface area contributed by atoms with Crippen molar-refractivity contribution in [1.29, 1.82) is 0 Å². The number of fused-ring (bicyclic) bond motifs is 1. The molecule has 2 aliphatic rings. The van der Waals surface area contributed by atoms with Crippen LogP contribution < -0.4 is 0 Å². The number of esters is 1. The summed E-state index contributed by atoms with van der Waals surface area (Å²) in [7, 11) is 0. The quantitative estimate of drug-likeness (QED) is 0.799. The zero-order chi connectivity index (χ0) is 16.6. The van der Waals surface area contributed by atoms with Crippen molar-refractivity contribution in [2.45, 2.75) is 31.5 Å². The molecule has 2 aliphatic heterocycles. The molecule has 0 unspecified atom stereocenters. The Morgan fingerprint density at radius 3 is 2.38 bits per heavy atom. The summed E-state index contributed by atoms with van der Waals surface area (Å²) in [6.45, 7) is 2.69. The van der Waals surface area contributed by atoms with Gasteiger partial charge in [0, 0.05) is 0 Å². The summed E-state index contributed by atoms with van der Waals surface area (Å²) in [5, 5.41) is 0. The second-order valence-electron chi connectivity index (χ2n) is 6.26. The normalized spacial score (nSPS) is 26.2. The molecule has 0 aromatic heterocycles.